The zero-order valence-electron chi connectivity index (χ0n) is 9.28. The van der Waals surface area contributed by atoms with Gasteiger partial charge in [-0.15, -0.1) is 0 Å². The third-order valence-electron chi connectivity index (χ3n) is 3.18. The average molecular weight is 206 g/mol. The zero-order valence-corrected chi connectivity index (χ0v) is 9.28. The van der Waals surface area contributed by atoms with Gasteiger partial charge >= 0.3 is 0 Å². The summed E-state index contributed by atoms with van der Waals surface area (Å²) >= 11 is 0. The van der Waals surface area contributed by atoms with Gasteiger partial charge in [0, 0.05) is 30.6 Å². The number of aryl methyl sites for hydroxylation is 1. The molecule has 0 amide bonds. The predicted molar refractivity (Wildman–Crippen MR) is 58.7 cm³/mol. The van der Waals surface area contributed by atoms with E-state index in [0.29, 0.717) is 5.78 Å². The van der Waals surface area contributed by atoms with Gasteiger partial charge in [0.05, 0.1) is 6.20 Å². The van der Waals surface area contributed by atoms with Crippen LogP contribution in [0.2, 0.25) is 0 Å². The summed E-state index contributed by atoms with van der Waals surface area (Å²) in [4.78, 5) is 11.9. The molecule has 1 unspecified atom stereocenters. The van der Waals surface area contributed by atoms with Gasteiger partial charge in [-0.1, -0.05) is 12.8 Å². The van der Waals surface area contributed by atoms with E-state index in [1.54, 1.807) is 0 Å². The van der Waals surface area contributed by atoms with E-state index in [0.717, 1.165) is 31.4 Å². The second kappa shape index (κ2) is 4.60. The molecule has 1 heterocycles. The molecule has 0 radical (unpaired) electrons. The number of rotatable bonds is 2. The molecule has 0 N–H and O–H groups in total. The minimum atomic E-state index is 0.118. The van der Waals surface area contributed by atoms with Crippen molar-refractivity contribution in [1.82, 2.24) is 9.78 Å². The predicted octanol–water partition coefficient (Wildman–Crippen LogP) is 2.52. The molecule has 1 saturated carbocycles. The van der Waals surface area contributed by atoms with E-state index in [9.17, 15) is 4.79 Å². The van der Waals surface area contributed by atoms with Gasteiger partial charge in [-0.05, 0) is 19.8 Å². The summed E-state index contributed by atoms with van der Waals surface area (Å²) in [7, 11) is 0. The number of carbonyl (C=O) groups is 1. The zero-order chi connectivity index (χ0) is 10.7. The first-order valence-corrected chi connectivity index (χ1v) is 5.86. The molecule has 1 atom stereocenters. The van der Waals surface area contributed by atoms with Crippen LogP contribution < -0.4 is 0 Å². The van der Waals surface area contributed by atoms with Crippen LogP contribution in [0.25, 0.3) is 0 Å². The molecule has 2 rings (SSSR count). The highest BCUT2D eigenvalue weighted by molar-refractivity contribution is 5.85. The van der Waals surface area contributed by atoms with Crippen molar-refractivity contribution in [2.75, 3.05) is 0 Å². The number of Topliss-reactive ketones (excluding diaryl/α,β-unsaturated/α-hetero) is 1. The van der Waals surface area contributed by atoms with Crippen molar-refractivity contribution in [1.29, 1.82) is 0 Å². The third-order valence-corrected chi connectivity index (χ3v) is 3.18. The first kappa shape index (κ1) is 10.4. The topological polar surface area (TPSA) is 34.9 Å². The van der Waals surface area contributed by atoms with Crippen molar-refractivity contribution < 1.29 is 4.79 Å². The smallest absolute Gasteiger partial charge is 0.140 e. The third kappa shape index (κ3) is 2.28. The molecule has 0 aliphatic heterocycles. The van der Waals surface area contributed by atoms with E-state index < -0.39 is 0 Å². The summed E-state index contributed by atoms with van der Waals surface area (Å²) in [5.74, 6) is 0.524. The molecule has 3 heteroatoms. The number of carbonyl (C=O) groups excluding carboxylic acids is 1. The summed E-state index contributed by atoms with van der Waals surface area (Å²) in [5.41, 5.74) is 1.11. The van der Waals surface area contributed by atoms with Crippen molar-refractivity contribution >= 4 is 5.78 Å². The van der Waals surface area contributed by atoms with Gasteiger partial charge in [0.2, 0.25) is 0 Å². The molecule has 1 aliphatic rings. The van der Waals surface area contributed by atoms with E-state index in [2.05, 4.69) is 12.0 Å². The standard InChI is InChI=1S/C12H18N2O/c1-2-14-9-10(8-13-14)11-6-4-3-5-7-12(11)15/h8-9,11H,2-7H2,1H3. The molecule has 15 heavy (non-hydrogen) atoms. The summed E-state index contributed by atoms with van der Waals surface area (Å²) < 4.78 is 1.90. The molecule has 1 aromatic rings. The molecule has 0 spiro atoms. The SMILES string of the molecule is CCn1cc(C2CCCCCC2=O)cn1. The number of aromatic nitrogens is 2. The summed E-state index contributed by atoms with van der Waals surface area (Å²) in [6.45, 7) is 2.94. The fourth-order valence-corrected chi connectivity index (χ4v) is 2.24. The monoisotopic (exact) mass is 206 g/mol. The van der Waals surface area contributed by atoms with Gasteiger partial charge < -0.3 is 0 Å². The van der Waals surface area contributed by atoms with Crippen LogP contribution in [0.4, 0.5) is 0 Å². The molecule has 0 saturated heterocycles. The van der Waals surface area contributed by atoms with Gasteiger partial charge in [0.25, 0.3) is 0 Å². The van der Waals surface area contributed by atoms with Crippen LogP contribution in [0.15, 0.2) is 12.4 Å². The molecule has 1 fully saturated rings. The number of hydrogen-bond acceptors (Lipinski definition) is 2. The van der Waals surface area contributed by atoms with E-state index in [-0.39, 0.29) is 5.92 Å². The Kier molecular flexibility index (Phi) is 3.19. The summed E-state index contributed by atoms with van der Waals surface area (Å²) in [6.07, 6.45) is 9.08. The molecule has 0 aromatic carbocycles. The minimum Gasteiger partial charge on any atom is -0.299 e. The largest absolute Gasteiger partial charge is 0.299 e. The molecular weight excluding hydrogens is 188 g/mol. The highest BCUT2D eigenvalue weighted by Crippen LogP contribution is 2.28. The maximum atomic E-state index is 11.9. The maximum absolute atomic E-state index is 11.9. The van der Waals surface area contributed by atoms with Crippen molar-refractivity contribution in [2.24, 2.45) is 0 Å². The van der Waals surface area contributed by atoms with Crippen LogP contribution in [0.1, 0.15) is 50.5 Å². The Balaban J connectivity index is 2.16. The minimum absolute atomic E-state index is 0.118. The second-order valence-electron chi connectivity index (χ2n) is 4.25. The summed E-state index contributed by atoms with van der Waals surface area (Å²) in [6, 6.07) is 0. The molecular formula is C12H18N2O. The molecule has 3 nitrogen and oxygen atoms in total. The van der Waals surface area contributed by atoms with Gasteiger partial charge in [0.1, 0.15) is 5.78 Å². The van der Waals surface area contributed by atoms with Crippen LogP contribution in [0, 0.1) is 0 Å². The van der Waals surface area contributed by atoms with Crippen LogP contribution in [0.3, 0.4) is 0 Å². The highest BCUT2D eigenvalue weighted by atomic mass is 16.1. The molecule has 1 aromatic heterocycles. The highest BCUT2D eigenvalue weighted by Gasteiger charge is 2.23. The Morgan fingerprint density at radius 3 is 3.07 bits per heavy atom. The van der Waals surface area contributed by atoms with Crippen molar-refractivity contribution in [3.63, 3.8) is 0 Å². The fraction of sp³-hybridized carbons (Fsp3) is 0.667. The lowest BCUT2D eigenvalue weighted by Gasteiger charge is -2.09. The van der Waals surface area contributed by atoms with Crippen molar-refractivity contribution in [2.45, 2.75) is 51.5 Å². The first-order chi connectivity index (χ1) is 7.31. The van der Waals surface area contributed by atoms with Gasteiger partial charge in [-0.25, -0.2) is 0 Å². The Bertz CT molecular complexity index is 343. The van der Waals surface area contributed by atoms with Crippen LogP contribution in [0.5, 0.6) is 0 Å². The summed E-state index contributed by atoms with van der Waals surface area (Å²) in [5, 5.41) is 4.24. The lowest BCUT2D eigenvalue weighted by atomic mass is 9.93. The molecule has 82 valence electrons. The van der Waals surface area contributed by atoms with Crippen LogP contribution in [-0.4, -0.2) is 15.6 Å². The fourth-order valence-electron chi connectivity index (χ4n) is 2.24. The molecule has 1 aliphatic carbocycles. The number of hydrogen-bond donors (Lipinski definition) is 0. The first-order valence-electron chi connectivity index (χ1n) is 5.86. The normalized spacial score (nSPS) is 22.7. The van der Waals surface area contributed by atoms with Gasteiger partial charge in [-0.2, -0.15) is 5.10 Å². The van der Waals surface area contributed by atoms with E-state index in [1.165, 1.54) is 12.8 Å². The number of ketones is 1. The Morgan fingerprint density at radius 2 is 2.33 bits per heavy atom. The van der Waals surface area contributed by atoms with Crippen LogP contribution >= 0.6 is 0 Å². The lowest BCUT2D eigenvalue weighted by Crippen LogP contribution is -2.09. The van der Waals surface area contributed by atoms with Crippen LogP contribution in [-0.2, 0) is 11.3 Å². The van der Waals surface area contributed by atoms with E-state index >= 15 is 0 Å². The van der Waals surface area contributed by atoms with E-state index in [4.69, 9.17) is 0 Å². The average Bonchev–Trinajstić information content (AvgIpc) is 2.62. The lowest BCUT2D eigenvalue weighted by molar-refractivity contribution is -0.120. The second-order valence-corrected chi connectivity index (χ2v) is 4.25. The molecule has 0 bridgehead atoms. The quantitative estimate of drug-likeness (QED) is 0.697. The maximum Gasteiger partial charge on any atom is 0.140 e. The Hall–Kier alpha value is -1.12. The van der Waals surface area contributed by atoms with Gasteiger partial charge in [-0.3, -0.25) is 9.48 Å². The van der Waals surface area contributed by atoms with Crippen molar-refractivity contribution in [3.05, 3.63) is 18.0 Å². The van der Waals surface area contributed by atoms with E-state index in [1.807, 2.05) is 17.1 Å². The van der Waals surface area contributed by atoms with Gasteiger partial charge in [0.15, 0.2) is 0 Å². The Morgan fingerprint density at radius 1 is 1.47 bits per heavy atom. The van der Waals surface area contributed by atoms with Crippen molar-refractivity contribution in [3.8, 4) is 0 Å². The Labute approximate surface area is 90.5 Å². The number of nitrogens with zero attached hydrogens (tertiary/aromatic N) is 2.